The maximum Gasteiger partial charge on any atom is 0.402 e. The SMILES string of the molecule is NC(=O)O.NC(=O)O.NC(=O)SCc1ccccc1. The Bertz CT molecular complexity index is 379. The molecule has 1 rings (SSSR count). The molecule has 8 N–H and O–H groups in total. The molecule has 8 nitrogen and oxygen atoms in total. The van der Waals surface area contributed by atoms with Crippen LogP contribution in [0.15, 0.2) is 30.3 Å². The lowest BCUT2D eigenvalue weighted by Gasteiger charge is -1.95. The van der Waals surface area contributed by atoms with E-state index in [4.69, 9.17) is 25.5 Å². The van der Waals surface area contributed by atoms with Crippen molar-refractivity contribution >= 4 is 29.2 Å². The minimum atomic E-state index is -1.33. The third kappa shape index (κ3) is 25.7. The quantitative estimate of drug-likeness (QED) is 0.548. The molecule has 3 amide bonds. The lowest BCUT2D eigenvalue weighted by molar-refractivity contribution is 0.204. The zero-order valence-electron chi connectivity index (χ0n) is 9.85. The van der Waals surface area contributed by atoms with Crippen LogP contribution in [-0.4, -0.2) is 27.6 Å². The molecule has 0 fully saturated rings. The molecule has 0 heterocycles. The van der Waals surface area contributed by atoms with Gasteiger partial charge in [-0.1, -0.05) is 42.1 Å². The molecule has 0 bridgehead atoms. The van der Waals surface area contributed by atoms with Gasteiger partial charge in [-0.05, 0) is 5.56 Å². The summed E-state index contributed by atoms with van der Waals surface area (Å²) >= 11 is 1.12. The summed E-state index contributed by atoms with van der Waals surface area (Å²) in [4.78, 5) is 27.9. The molecule has 0 aliphatic rings. The molecular formula is C10H15N3O5S. The van der Waals surface area contributed by atoms with Gasteiger partial charge in [0, 0.05) is 5.75 Å². The van der Waals surface area contributed by atoms with Crippen molar-refractivity contribution in [3.05, 3.63) is 35.9 Å². The Hall–Kier alpha value is -2.42. The van der Waals surface area contributed by atoms with Crippen molar-refractivity contribution in [3.63, 3.8) is 0 Å². The number of benzene rings is 1. The van der Waals surface area contributed by atoms with Gasteiger partial charge in [0.2, 0.25) is 0 Å². The Kier molecular flexibility index (Phi) is 12.0. The van der Waals surface area contributed by atoms with Gasteiger partial charge in [-0.15, -0.1) is 0 Å². The number of amides is 3. The van der Waals surface area contributed by atoms with E-state index in [1.165, 1.54) is 0 Å². The first kappa shape index (κ1) is 18.9. The summed E-state index contributed by atoms with van der Waals surface area (Å²) in [5.74, 6) is 0.663. The molecule has 0 aliphatic heterocycles. The number of hydrogen-bond acceptors (Lipinski definition) is 4. The Labute approximate surface area is 113 Å². The fourth-order valence-corrected chi connectivity index (χ4v) is 1.23. The Balaban J connectivity index is 0. The highest BCUT2D eigenvalue weighted by Crippen LogP contribution is 2.10. The molecule has 0 aromatic heterocycles. The third-order valence-corrected chi connectivity index (χ3v) is 1.99. The van der Waals surface area contributed by atoms with Gasteiger partial charge >= 0.3 is 12.2 Å². The maximum atomic E-state index is 10.4. The predicted molar refractivity (Wildman–Crippen MR) is 71.7 cm³/mol. The van der Waals surface area contributed by atoms with Crippen molar-refractivity contribution in [2.75, 3.05) is 0 Å². The third-order valence-electron chi connectivity index (χ3n) is 1.22. The van der Waals surface area contributed by atoms with Gasteiger partial charge in [-0.2, -0.15) is 0 Å². The lowest BCUT2D eigenvalue weighted by atomic mass is 10.2. The van der Waals surface area contributed by atoms with Gasteiger partial charge in [0.1, 0.15) is 0 Å². The van der Waals surface area contributed by atoms with Crippen molar-refractivity contribution < 1.29 is 24.6 Å². The number of hydrogen-bond donors (Lipinski definition) is 5. The smallest absolute Gasteiger partial charge is 0.402 e. The van der Waals surface area contributed by atoms with Crippen molar-refractivity contribution in [2.24, 2.45) is 17.2 Å². The van der Waals surface area contributed by atoms with Gasteiger partial charge in [-0.25, -0.2) is 9.59 Å². The van der Waals surface area contributed by atoms with E-state index >= 15 is 0 Å². The van der Waals surface area contributed by atoms with E-state index < -0.39 is 12.2 Å². The van der Waals surface area contributed by atoms with Gasteiger partial charge < -0.3 is 27.4 Å². The van der Waals surface area contributed by atoms with Crippen LogP contribution in [0.5, 0.6) is 0 Å². The number of thioether (sulfide) groups is 1. The molecule has 1 aromatic carbocycles. The van der Waals surface area contributed by atoms with E-state index in [1.54, 1.807) is 0 Å². The summed E-state index contributed by atoms with van der Waals surface area (Å²) in [6.07, 6.45) is -2.67. The molecule has 0 spiro atoms. The van der Waals surface area contributed by atoms with Gasteiger partial charge in [-0.3, -0.25) is 4.79 Å². The molecule has 106 valence electrons. The molecule has 0 unspecified atom stereocenters. The van der Waals surface area contributed by atoms with Crippen LogP contribution in [0.1, 0.15) is 5.56 Å². The average Bonchev–Trinajstić information content (AvgIpc) is 2.26. The summed E-state index contributed by atoms with van der Waals surface area (Å²) < 4.78 is 0. The number of nitrogens with two attached hydrogens (primary N) is 3. The monoisotopic (exact) mass is 289 g/mol. The van der Waals surface area contributed by atoms with Crippen LogP contribution in [0.4, 0.5) is 14.4 Å². The van der Waals surface area contributed by atoms with E-state index in [-0.39, 0.29) is 5.24 Å². The van der Waals surface area contributed by atoms with Crippen LogP contribution in [0.3, 0.4) is 0 Å². The number of carbonyl (C=O) groups excluding carboxylic acids is 1. The standard InChI is InChI=1S/C8H9NOS.2CH3NO2/c9-8(10)11-6-7-4-2-1-3-5-7;2*2-1(3)4/h1-5H,6H2,(H2,9,10);2*2H2,(H,3,4). The molecule has 0 saturated carbocycles. The minimum absolute atomic E-state index is 0.325. The molecule has 0 aliphatic carbocycles. The summed E-state index contributed by atoms with van der Waals surface area (Å²) in [6, 6.07) is 9.76. The van der Waals surface area contributed by atoms with Crippen molar-refractivity contribution in [2.45, 2.75) is 5.75 Å². The van der Waals surface area contributed by atoms with Gasteiger partial charge in [0.15, 0.2) is 0 Å². The highest BCUT2D eigenvalue weighted by Gasteiger charge is 1.95. The van der Waals surface area contributed by atoms with E-state index in [1.807, 2.05) is 30.3 Å². The fraction of sp³-hybridized carbons (Fsp3) is 0.100. The number of carboxylic acid groups (broad SMARTS) is 2. The molecular weight excluding hydrogens is 274 g/mol. The van der Waals surface area contributed by atoms with Crippen LogP contribution in [0, 0.1) is 0 Å². The minimum Gasteiger partial charge on any atom is -0.465 e. The largest absolute Gasteiger partial charge is 0.465 e. The second kappa shape index (κ2) is 12.0. The first-order valence-electron chi connectivity index (χ1n) is 4.68. The Morgan fingerprint density at radius 2 is 1.32 bits per heavy atom. The zero-order chi connectivity index (χ0) is 15.3. The molecule has 0 radical (unpaired) electrons. The Morgan fingerprint density at radius 1 is 0.947 bits per heavy atom. The second-order valence-corrected chi connectivity index (χ2v) is 3.75. The first-order chi connectivity index (χ1) is 8.75. The van der Waals surface area contributed by atoms with E-state index in [2.05, 4.69) is 11.5 Å². The molecule has 1 aromatic rings. The maximum absolute atomic E-state index is 10.4. The van der Waals surface area contributed by atoms with Crippen LogP contribution < -0.4 is 17.2 Å². The van der Waals surface area contributed by atoms with Gasteiger partial charge in [0.25, 0.3) is 5.24 Å². The van der Waals surface area contributed by atoms with Crippen molar-refractivity contribution in [3.8, 4) is 0 Å². The molecule has 0 atom stereocenters. The number of primary amides is 3. The summed E-state index contributed by atoms with van der Waals surface area (Å²) in [5, 5.41) is 14.1. The zero-order valence-corrected chi connectivity index (χ0v) is 10.7. The van der Waals surface area contributed by atoms with Crippen LogP contribution in [-0.2, 0) is 5.75 Å². The highest BCUT2D eigenvalue weighted by atomic mass is 32.2. The predicted octanol–water partition coefficient (Wildman–Crippen LogP) is 1.24. The van der Waals surface area contributed by atoms with Crippen LogP contribution in [0.2, 0.25) is 0 Å². The molecule has 19 heavy (non-hydrogen) atoms. The van der Waals surface area contributed by atoms with Crippen LogP contribution >= 0.6 is 11.8 Å². The van der Waals surface area contributed by atoms with Crippen LogP contribution in [0.25, 0.3) is 0 Å². The summed E-state index contributed by atoms with van der Waals surface area (Å²) in [5.41, 5.74) is 14.1. The number of carbonyl (C=O) groups is 3. The lowest BCUT2D eigenvalue weighted by Crippen LogP contribution is -2.03. The van der Waals surface area contributed by atoms with Crippen molar-refractivity contribution in [1.82, 2.24) is 0 Å². The number of rotatable bonds is 2. The summed E-state index contributed by atoms with van der Waals surface area (Å²) in [7, 11) is 0. The molecule has 0 saturated heterocycles. The average molecular weight is 289 g/mol. The Morgan fingerprint density at radius 3 is 1.63 bits per heavy atom. The van der Waals surface area contributed by atoms with E-state index in [9.17, 15) is 4.79 Å². The van der Waals surface area contributed by atoms with Crippen molar-refractivity contribution in [1.29, 1.82) is 0 Å². The summed E-state index contributed by atoms with van der Waals surface area (Å²) in [6.45, 7) is 0. The van der Waals surface area contributed by atoms with Gasteiger partial charge in [0.05, 0.1) is 0 Å². The molecule has 9 heteroatoms. The second-order valence-electron chi connectivity index (χ2n) is 2.77. The first-order valence-corrected chi connectivity index (χ1v) is 5.67. The topological polar surface area (TPSA) is 170 Å². The van der Waals surface area contributed by atoms with E-state index in [0.717, 1.165) is 17.3 Å². The highest BCUT2D eigenvalue weighted by molar-refractivity contribution is 8.12. The van der Waals surface area contributed by atoms with E-state index in [0.29, 0.717) is 5.75 Å². The fourth-order valence-electron chi connectivity index (χ4n) is 0.729. The normalized spacial score (nSPS) is 8.00.